The van der Waals surface area contributed by atoms with Gasteiger partial charge in [-0.3, -0.25) is 47.8 Å². The number of nitrogens with zero attached hydrogens (tertiary/aromatic N) is 4. The molecule has 0 radical (unpaired) electrons. The second kappa shape index (κ2) is 34.0. The van der Waals surface area contributed by atoms with Crippen LogP contribution in [0.2, 0.25) is 0 Å². The zero-order valence-electron chi connectivity index (χ0n) is 69.2. The summed E-state index contributed by atoms with van der Waals surface area (Å²) in [5.41, 5.74) is -4.07. The van der Waals surface area contributed by atoms with Crippen LogP contribution in [0.15, 0.2) is 73.1 Å². The van der Waals surface area contributed by atoms with Gasteiger partial charge in [0.25, 0.3) is 0 Å². The number of ether oxygens (including phenoxy) is 8. The van der Waals surface area contributed by atoms with Crippen molar-refractivity contribution in [2.24, 2.45) is 58.2 Å². The Morgan fingerprint density at radius 2 is 0.912 bits per heavy atom. The van der Waals surface area contributed by atoms with Crippen molar-refractivity contribution in [1.29, 1.82) is 0 Å². The average Bonchev–Trinajstić information content (AvgIpc) is 1.57. The maximum Gasteiger partial charge on any atom is 0.307 e. The van der Waals surface area contributed by atoms with Gasteiger partial charge in [0.1, 0.15) is 46.4 Å². The lowest BCUT2D eigenvalue weighted by Crippen LogP contribution is -2.48. The number of allylic oxidation sites excluding steroid dienone is 4. The third-order valence-electron chi connectivity index (χ3n) is 24.4. The lowest BCUT2D eigenvalue weighted by Gasteiger charge is -2.32. The number of esters is 2. The fourth-order valence-corrected chi connectivity index (χ4v) is 19.6. The van der Waals surface area contributed by atoms with E-state index in [0.717, 1.165) is 12.8 Å². The molecule has 114 heavy (non-hydrogen) atoms. The molecule has 6 fully saturated rings. The summed E-state index contributed by atoms with van der Waals surface area (Å²) in [5.74, 6) is -3.21. The van der Waals surface area contributed by atoms with Crippen molar-refractivity contribution in [3.05, 3.63) is 73.1 Å². The molecule has 14 atom stereocenters. The number of methoxy groups -OCH3 is 2. The number of sulfonamides is 2. The molecule has 6 heterocycles. The zero-order chi connectivity index (χ0) is 83.0. The number of ketones is 2. The van der Waals surface area contributed by atoms with E-state index in [0.29, 0.717) is 122 Å². The highest BCUT2D eigenvalue weighted by Gasteiger charge is 2.65. The largest absolute Gasteiger partial charge is 0.494 e. The van der Waals surface area contributed by atoms with Crippen LogP contribution >= 0.6 is 0 Å². The minimum Gasteiger partial charge on any atom is -0.494 e. The van der Waals surface area contributed by atoms with E-state index in [1.807, 2.05) is 88.4 Å². The van der Waals surface area contributed by atoms with Crippen LogP contribution in [0.4, 0.5) is 0 Å². The normalized spacial score (nSPS) is 29.6. The van der Waals surface area contributed by atoms with Crippen LogP contribution in [-0.2, 0) is 67.9 Å². The molecule has 2 aromatic heterocycles. The highest BCUT2D eigenvalue weighted by atomic mass is 32.2. The van der Waals surface area contributed by atoms with Crippen LogP contribution in [-0.4, -0.2) is 169 Å². The number of carbonyl (C=O) groups is 8. The molecule has 4 saturated carbocycles. The molecular weight excluding hydrogens is 1500 g/mol. The molecule has 12 rings (SSSR count). The first-order valence-corrected chi connectivity index (χ1v) is 43.6. The monoisotopic (exact) mass is 1620 g/mol. The summed E-state index contributed by atoms with van der Waals surface area (Å²) < 4.78 is 103. The van der Waals surface area contributed by atoms with E-state index in [2.05, 4.69) is 33.3 Å². The molecule has 0 spiro atoms. The second-order valence-corrected chi connectivity index (χ2v) is 40.3. The second-order valence-electron chi connectivity index (χ2n) is 35.9. The van der Waals surface area contributed by atoms with Gasteiger partial charge in [0.05, 0.1) is 110 Å². The Labute approximate surface area is 671 Å². The molecule has 4 aromatic rings. The molecule has 4 aliphatic heterocycles. The third-order valence-corrected chi connectivity index (χ3v) is 28.7. The number of rotatable bonds is 20. The number of aromatic nitrogens is 2. The van der Waals surface area contributed by atoms with Crippen molar-refractivity contribution in [3.63, 3.8) is 0 Å². The maximum absolute atomic E-state index is 14.9. The minimum atomic E-state index is -3.96. The highest BCUT2D eigenvalue weighted by molar-refractivity contribution is 7.92. The molecule has 4 aliphatic carbocycles. The maximum atomic E-state index is 14.9. The summed E-state index contributed by atoms with van der Waals surface area (Å²) in [6.45, 7) is 26.9. The summed E-state index contributed by atoms with van der Waals surface area (Å²) in [5, 5.41) is 2.73. The predicted octanol–water partition coefficient (Wildman–Crippen LogP) is 12.6. The molecule has 4 amide bonds. The van der Waals surface area contributed by atoms with Gasteiger partial charge in [-0.1, -0.05) is 52.0 Å². The minimum absolute atomic E-state index is 0.0316. The van der Waals surface area contributed by atoms with Gasteiger partial charge in [0.2, 0.25) is 55.4 Å². The van der Waals surface area contributed by atoms with Gasteiger partial charge < -0.3 is 47.7 Å². The van der Waals surface area contributed by atoms with Crippen molar-refractivity contribution in [1.82, 2.24) is 29.2 Å². The Morgan fingerprint density at radius 3 is 1.25 bits per heavy atom. The predicted molar refractivity (Wildman–Crippen MR) is 428 cm³/mol. The van der Waals surface area contributed by atoms with Gasteiger partial charge in [0.15, 0.2) is 11.6 Å². The SMILES string of the molecule is CCOc1ccc2c(O[C@@H]3C[C@H]4C(=O)C[C@]5(C(=O)NS(=O)(=O)C6(C)CC6)C[C@H]5/C=C\CC[C@@H](C)C[C@@H](C)[C@H](CC(=O)OC(C)(C)C)C(=O)N4C3)ncc(OC)c2c1.CCOc1ccc2c(O[C@@H]3C[C@H]4C(=O)C[C@]5(C(=O)NS(=O)(=O)C6(C)CC6)C[C@H]5/C=C\CC[C@H](C)C[C@@H](C)[C@H](CC(=O)OC(C)(C)C)C(=O)N4C3)ncc(OC)c2c1. The van der Waals surface area contributed by atoms with Crippen molar-refractivity contribution in [2.75, 3.05) is 40.5 Å². The summed E-state index contributed by atoms with van der Waals surface area (Å²) in [7, 11) is -4.82. The summed E-state index contributed by atoms with van der Waals surface area (Å²) in [4.78, 5) is 126. The van der Waals surface area contributed by atoms with E-state index in [9.17, 15) is 55.2 Å². The van der Waals surface area contributed by atoms with Crippen LogP contribution < -0.4 is 37.9 Å². The Bertz CT molecular complexity index is 4330. The first kappa shape index (κ1) is 86.5. The zero-order valence-corrected chi connectivity index (χ0v) is 70.8. The molecule has 28 heteroatoms. The Morgan fingerprint density at radius 1 is 0.544 bits per heavy atom. The number of amides is 4. The van der Waals surface area contributed by atoms with Gasteiger partial charge >= 0.3 is 11.9 Å². The molecule has 2 N–H and O–H groups in total. The topological polar surface area (TPSA) is 335 Å². The lowest BCUT2D eigenvalue weighted by molar-refractivity contribution is -0.160. The lowest BCUT2D eigenvalue weighted by atomic mass is 9.82. The van der Waals surface area contributed by atoms with Gasteiger partial charge in [-0.05, 0) is 218 Å². The van der Waals surface area contributed by atoms with E-state index in [4.69, 9.17) is 37.9 Å². The van der Waals surface area contributed by atoms with Gasteiger partial charge in [-0.15, -0.1) is 0 Å². The van der Waals surface area contributed by atoms with Crippen LogP contribution in [0.1, 0.15) is 213 Å². The number of nitrogens with one attached hydrogen (secondary N) is 2. The first-order chi connectivity index (χ1) is 53.6. The summed E-state index contributed by atoms with van der Waals surface area (Å²) in [6, 6.07) is 8.96. The van der Waals surface area contributed by atoms with Gasteiger partial charge in [-0.25, -0.2) is 26.8 Å². The summed E-state index contributed by atoms with van der Waals surface area (Å²) in [6.07, 6.45) is 15.9. The Kier molecular flexibility index (Phi) is 25.8. The van der Waals surface area contributed by atoms with E-state index >= 15 is 0 Å². The fourth-order valence-electron chi connectivity index (χ4n) is 17.0. The molecule has 2 saturated heterocycles. The smallest absolute Gasteiger partial charge is 0.307 e. The van der Waals surface area contributed by atoms with Gasteiger partial charge in [-0.2, -0.15) is 0 Å². The number of pyridine rings is 2. The van der Waals surface area contributed by atoms with Crippen molar-refractivity contribution < 1.29 is 93.1 Å². The number of benzene rings is 2. The fraction of sp³-hybridized carbons (Fsp3) is 0.651. The molecule has 2 aromatic carbocycles. The van der Waals surface area contributed by atoms with Crippen LogP contribution in [0.5, 0.6) is 34.8 Å². The van der Waals surface area contributed by atoms with Crippen molar-refractivity contribution in [2.45, 2.75) is 257 Å². The number of Topliss-reactive ketones (excluding diaryl/α,β-unsaturated/α-hetero) is 2. The van der Waals surface area contributed by atoms with Crippen LogP contribution in [0.25, 0.3) is 21.5 Å². The quantitative estimate of drug-likeness (QED) is 0.0613. The van der Waals surface area contributed by atoms with E-state index < -0.39 is 111 Å². The van der Waals surface area contributed by atoms with Crippen molar-refractivity contribution >= 4 is 88.7 Å². The van der Waals surface area contributed by atoms with Crippen LogP contribution in [0.3, 0.4) is 0 Å². The van der Waals surface area contributed by atoms with E-state index in [1.54, 1.807) is 82.0 Å². The van der Waals surface area contributed by atoms with Gasteiger partial charge in [0, 0.05) is 47.2 Å². The van der Waals surface area contributed by atoms with Crippen molar-refractivity contribution in [3.8, 4) is 34.8 Å². The number of fused-ring (bicyclic) bond motifs is 6. The Hall–Kier alpha value is -8.40. The number of carbonyl (C=O) groups excluding carboxylic acids is 8. The summed E-state index contributed by atoms with van der Waals surface area (Å²) >= 11 is 0. The molecule has 0 unspecified atom stereocenters. The number of hydrogen-bond acceptors (Lipinski definition) is 22. The molecular formula is C86H118N6O20S2. The molecule has 26 nitrogen and oxygen atoms in total. The molecule has 624 valence electrons. The molecule has 8 aliphatic rings. The van der Waals surface area contributed by atoms with E-state index in [1.165, 1.54) is 9.80 Å². The molecule has 0 bridgehead atoms. The third kappa shape index (κ3) is 19.6. The highest BCUT2D eigenvalue weighted by Crippen LogP contribution is 2.59. The van der Waals surface area contributed by atoms with E-state index in [-0.39, 0.29) is 122 Å². The standard InChI is InChI=1S/2C43H59N3O10S/c2*1-9-54-29-14-15-31-33(19-29)36(53-8)24-44-38(31)55-30-20-34-35(47)23-43(40(50)45-57(51,52)42(7)16-17-42)22-28(43)13-11-10-12-26(2)18-27(3)32(39(49)46(34)25-30)21-37(48)56-41(4,5)6/h2*11,13-15,19,24,26-28,30,32,34H,9-10,12,16-18,20-23,25H2,1-8H3,(H,45,50)/b2*13-11-/t26-,27+,28+,30+,32-,34-,43+;26-,27-,28-,30-,32+,34+,43-/m01/s1. The Balaban J connectivity index is 0.000000225. The first-order valence-electron chi connectivity index (χ1n) is 40.7. The number of hydrogen-bond donors (Lipinski definition) is 2. The van der Waals surface area contributed by atoms with Crippen LogP contribution in [0, 0.1) is 58.2 Å². The average molecular weight is 1620 g/mol.